The van der Waals surface area contributed by atoms with Crippen LogP contribution in [0.5, 0.6) is 5.75 Å². The van der Waals surface area contributed by atoms with Gasteiger partial charge in [-0.2, -0.15) is 5.10 Å². The second-order valence-electron chi connectivity index (χ2n) is 9.63. The van der Waals surface area contributed by atoms with Crippen LogP contribution in [-0.4, -0.2) is 75.4 Å². The Balaban J connectivity index is 1.30. The molecule has 0 saturated carbocycles. The van der Waals surface area contributed by atoms with Crippen molar-refractivity contribution in [2.45, 2.75) is 57.0 Å². The van der Waals surface area contributed by atoms with Gasteiger partial charge in [0.25, 0.3) is 0 Å². The zero-order valence-corrected chi connectivity index (χ0v) is 21.8. The first-order valence-corrected chi connectivity index (χ1v) is 13.7. The smallest absolute Gasteiger partial charge is 0.232 e. The van der Waals surface area contributed by atoms with E-state index >= 15 is 0 Å². The Morgan fingerprint density at radius 2 is 1.83 bits per heavy atom. The maximum absolute atomic E-state index is 13.1. The van der Waals surface area contributed by atoms with Crippen molar-refractivity contribution >= 4 is 23.3 Å². The molecule has 7 nitrogen and oxygen atoms in total. The fourth-order valence-corrected chi connectivity index (χ4v) is 6.43. The molecule has 0 aliphatic carbocycles. The number of likely N-dealkylation sites (tertiary alicyclic amines) is 2. The Hall–Kier alpha value is -2.58. The number of fused-ring (bicyclic) bond motifs is 1. The van der Waals surface area contributed by atoms with Crippen LogP contribution in [0.1, 0.15) is 43.5 Å². The number of ether oxygens (including phenoxy) is 1. The standard InChI is InChI=1S/C27H35N5O2S/c1-19-17-25(32-27(28-19)26(20(2)29-32)22-9-5-6-10-23(22)34-3)35-18-24(33)31-15-11-21(12-16-31)30-13-7-4-8-14-30/h5-6,9-10,17,21H,4,7-8,11-16,18H2,1-3H3. The van der Waals surface area contributed by atoms with Crippen LogP contribution in [0.2, 0.25) is 0 Å². The summed E-state index contributed by atoms with van der Waals surface area (Å²) in [4.78, 5) is 22.6. The number of aryl methyl sites for hydroxylation is 2. The van der Waals surface area contributed by atoms with Gasteiger partial charge in [-0.3, -0.25) is 4.79 Å². The Morgan fingerprint density at radius 3 is 2.57 bits per heavy atom. The van der Waals surface area contributed by atoms with Gasteiger partial charge in [0.05, 0.1) is 24.1 Å². The molecule has 0 bridgehead atoms. The lowest BCUT2D eigenvalue weighted by Crippen LogP contribution is -2.48. The van der Waals surface area contributed by atoms with E-state index in [0.717, 1.165) is 64.9 Å². The van der Waals surface area contributed by atoms with Crippen molar-refractivity contribution in [2.24, 2.45) is 0 Å². The Morgan fingerprint density at radius 1 is 1.09 bits per heavy atom. The average Bonchev–Trinajstić information content (AvgIpc) is 3.23. The van der Waals surface area contributed by atoms with Gasteiger partial charge in [0.2, 0.25) is 5.91 Å². The van der Waals surface area contributed by atoms with Gasteiger partial charge in [-0.15, -0.1) is 0 Å². The van der Waals surface area contributed by atoms with Crippen molar-refractivity contribution in [1.29, 1.82) is 0 Å². The van der Waals surface area contributed by atoms with Crippen LogP contribution in [0.4, 0.5) is 0 Å². The number of rotatable bonds is 6. The highest BCUT2D eigenvalue weighted by atomic mass is 32.2. The number of carbonyl (C=O) groups excluding carboxylic acids is 1. The number of piperidine rings is 2. The van der Waals surface area contributed by atoms with E-state index < -0.39 is 0 Å². The summed E-state index contributed by atoms with van der Waals surface area (Å²) in [5, 5.41) is 5.74. The third-order valence-corrected chi connectivity index (χ3v) is 8.28. The summed E-state index contributed by atoms with van der Waals surface area (Å²) in [5.74, 6) is 1.42. The first kappa shape index (κ1) is 24.1. The third kappa shape index (κ3) is 5.05. The monoisotopic (exact) mass is 493 g/mol. The predicted molar refractivity (Wildman–Crippen MR) is 140 cm³/mol. The second kappa shape index (κ2) is 10.6. The van der Waals surface area contributed by atoms with Crippen molar-refractivity contribution in [1.82, 2.24) is 24.4 Å². The normalized spacial score (nSPS) is 17.7. The van der Waals surface area contributed by atoms with Gasteiger partial charge in [-0.1, -0.05) is 36.4 Å². The maximum atomic E-state index is 13.1. The number of hydrogen-bond donors (Lipinski definition) is 0. The fourth-order valence-electron chi connectivity index (χ4n) is 5.47. The van der Waals surface area contributed by atoms with Crippen molar-refractivity contribution in [3.8, 4) is 16.9 Å². The summed E-state index contributed by atoms with van der Waals surface area (Å²) in [7, 11) is 1.68. The molecule has 1 aromatic carbocycles. The molecule has 2 aromatic heterocycles. The number of aromatic nitrogens is 3. The minimum Gasteiger partial charge on any atom is -0.496 e. The molecule has 0 spiro atoms. The lowest BCUT2D eigenvalue weighted by molar-refractivity contribution is -0.129. The van der Waals surface area contributed by atoms with E-state index in [9.17, 15) is 4.79 Å². The van der Waals surface area contributed by atoms with Gasteiger partial charge >= 0.3 is 0 Å². The molecule has 0 atom stereocenters. The fraction of sp³-hybridized carbons (Fsp3) is 0.519. The van der Waals surface area contributed by atoms with Gasteiger partial charge in [-0.05, 0) is 64.8 Å². The molecule has 35 heavy (non-hydrogen) atoms. The first-order chi connectivity index (χ1) is 17.0. The first-order valence-electron chi connectivity index (χ1n) is 12.7. The van der Waals surface area contributed by atoms with Gasteiger partial charge in [0.15, 0.2) is 5.65 Å². The van der Waals surface area contributed by atoms with Crippen molar-refractivity contribution in [3.63, 3.8) is 0 Å². The van der Waals surface area contributed by atoms with E-state index in [4.69, 9.17) is 14.8 Å². The van der Waals surface area contributed by atoms with Gasteiger partial charge < -0.3 is 14.5 Å². The summed E-state index contributed by atoms with van der Waals surface area (Å²) in [6.07, 6.45) is 6.19. The molecule has 5 rings (SSSR count). The van der Waals surface area contributed by atoms with E-state index in [-0.39, 0.29) is 5.91 Å². The molecular weight excluding hydrogens is 458 g/mol. The van der Waals surface area contributed by atoms with Crippen LogP contribution in [0.15, 0.2) is 35.4 Å². The molecular formula is C27H35N5O2S. The van der Waals surface area contributed by atoms with E-state index in [1.807, 2.05) is 53.6 Å². The predicted octanol–water partition coefficient (Wildman–Crippen LogP) is 4.59. The number of thioether (sulfide) groups is 1. The van der Waals surface area contributed by atoms with Crippen LogP contribution >= 0.6 is 11.8 Å². The minimum absolute atomic E-state index is 0.212. The largest absolute Gasteiger partial charge is 0.496 e. The molecule has 8 heteroatoms. The van der Waals surface area contributed by atoms with Crippen molar-refractivity contribution < 1.29 is 9.53 Å². The van der Waals surface area contributed by atoms with Crippen LogP contribution in [0, 0.1) is 13.8 Å². The minimum atomic E-state index is 0.212. The summed E-state index contributed by atoms with van der Waals surface area (Å²) in [6.45, 7) is 8.18. The molecule has 0 N–H and O–H groups in total. The quantitative estimate of drug-likeness (QED) is 0.370. The third-order valence-electron chi connectivity index (χ3n) is 7.30. The lowest BCUT2D eigenvalue weighted by Gasteiger charge is -2.40. The molecule has 4 heterocycles. The molecule has 3 aromatic rings. The summed E-state index contributed by atoms with van der Waals surface area (Å²) < 4.78 is 7.48. The van der Waals surface area contributed by atoms with Gasteiger partial charge in [-0.25, -0.2) is 9.50 Å². The van der Waals surface area contributed by atoms with Crippen molar-refractivity contribution in [3.05, 3.63) is 41.7 Å². The van der Waals surface area contributed by atoms with Crippen LogP contribution in [-0.2, 0) is 4.79 Å². The molecule has 2 aliphatic rings. The van der Waals surface area contributed by atoms with Gasteiger partial charge in [0.1, 0.15) is 10.8 Å². The molecule has 186 valence electrons. The van der Waals surface area contributed by atoms with Crippen LogP contribution < -0.4 is 4.74 Å². The molecule has 1 amide bonds. The number of benzene rings is 1. The maximum Gasteiger partial charge on any atom is 0.232 e. The molecule has 0 radical (unpaired) electrons. The number of methoxy groups -OCH3 is 1. The molecule has 2 aliphatic heterocycles. The Labute approximate surface area is 211 Å². The van der Waals surface area contributed by atoms with Crippen molar-refractivity contribution in [2.75, 3.05) is 39.0 Å². The Bertz CT molecular complexity index is 1200. The summed E-state index contributed by atoms with van der Waals surface area (Å²) >= 11 is 1.55. The molecule has 0 unspecified atom stereocenters. The van der Waals surface area contributed by atoms with Crippen LogP contribution in [0.3, 0.4) is 0 Å². The number of hydrogen-bond acceptors (Lipinski definition) is 6. The second-order valence-corrected chi connectivity index (χ2v) is 10.6. The summed E-state index contributed by atoms with van der Waals surface area (Å²) in [5.41, 5.74) is 4.54. The SMILES string of the molecule is COc1ccccc1-c1c(C)nn2c(SCC(=O)N3CCC(N4CCCCC4)CC3)cc(C)nc12. The van der Waals surface area contributed by atoms with E-state index in [1.54, 1.807) is 18.9 Å². The number of amides is 1. The molecule has 2 saturated heterocycles. The van der Waals surface area contributed by atoms with Gasteiger partial charge in [0, 0.05) is 30.4 Å². The van der Waals surface area contributed by atoms with Crippen LogP contribution in [0.25, 0.3) is 16.8 Å². The summed E-state index contributed by atoms with van der Waals surface area (Å²) in [6, 6.07) is 10.6. The average molecular weight is 494 g/mol. The lowest BCUT2D eigenvalue weighted by atomic mass is 10.00. The zero-order valence-electron chi connectivity index (χ0n) is 21.0. The highest BCUT2D eigenvalue weighted by molar-refractivity contribution is 7.99. The highest BCUT2D eigenvalue weighted by Crippen LogP contribution is 2.36. The van der Waals surface area contributed by atoms with E-state index in [1.165, 1.54) is 32.4 Å². The molecule has 2 fully saturated rings. The zero-order chi connectivity index (χ0) is 24.4. The Kier molecular flexibility index (Phi) is 7.29. The highest BCUT2D eigenvalue weighted by Gasteiger charge is 2.28. The number of carbonyl (C=O) groups is 1. The topological polar surface area (TPSA) is 63.0 Å². The number of para-hydroxylation sites is 1. The van der Waals surface area contributed by atoms with E-state index in [0.29, 0.717) is 11.8 Å². The number of nitrogens with zero attached hydrogens (tertiary/aromatic N) is 5. The van der Waals surface area contributed by atoms with E-state index in [2.05, 4.69) is 4.90 Å².